The van der Waals surface area contributed by atoms with E-state index in [1.807, 2.05) is 30.3 Å². The number of nitrogens with one attached hydrogen (secondary N) is 1. The molecule has 0 bridgehead atoms. The number of hydrogen-bond donors (Lipinski definition) is 1. The molecule has 0 aliphatic heterocycles. The molecule has 1 N–H and O–H groups in total. The van der Waals surface area contributed by atoms with E-state index in [-0.39, 0.29) is 24.5 Å². The number of carbonyl (C=O) groups is 1. The lowest BCUT2D eigenvalue weighted by atomic mass is 10.2. The van der Waals surface area contributed by atoms with Crippen LogP contribution in [0.3, 0.4) is 0 Å². The van der Waals surface area contributed by atoms with Crippen LogP contribution in [0.5, 0.6) is 0 Å². The number of alkyl carbamates (subject to hydrolysis) is 1. The summed E-state index contributed by atoms with van der Waals surface area (Å²) in [6.07, 6.45) is 1.15. The Hall–Kier alpha value is -3.40. The summed E-state index contributed by atoms with van der Waals surface area (Å²) in [6.45, 7) is 0.481. The first-order chi connectivity index (χ1) is 11.7. The Labute approximate surface area is 138 Å². The van der Waals surface area contributed by atoms with Gasteiger partial charge in [0.2, 0.25) is 0 Å². The fourth-order valence-electron chi connectivity index (χ4n) is 1.80. The van der Waals surface area contributed by atoms with Gasteiger partial charge in [-0.2, -0.15) is 0 Å². The third-order valence-corrected chi connectivity index (χ3v) is 2.91. The Kier molecular flexibility index (Phi) is 6.29. The van der Waals surface area contributed by atoms with Crippen molar-refractivity contribution < 1.29 is 14.5 Å². The molecule has 0 radical (unpaired) electrons. The Morgan fingerprint density at radius 2 is 2.04 bits per heavy atom. The van der Waals surface area contributed by atoms with Gasteiger partial charge in [0.1, 0.15) is 18.4 Å². The molecule has 0 spiro atoms. The van der Waals surface area contributed by atoms with Crippen molar-refractivity contribution >= 4 is 11.9 Å². The molecule has 122 valence electrons. The number of nitro groups is 1. The van der Waals surface area contributed by atoms with Crippen molar-refractivity contribution in [1.29, 1.82) is 0 Å². The lowest BCUT2D eigenvalue weighted by Crippen LogP contribution is -2.24. The molecule has 1 heterocycles. The molecule has 24 heavy (non-hydrogen) atoms. The maximum Gasteiger partial charge on any atom is 0.407 e. The Bertz CT molecular complexity index is 766. The molecule has 0 aliphatic rings. The van der Waals surface area contributed by atoms with E-state index in [0.717, 1.165) is 5.56 Å². The molecule has 0 fully saturated rings. The van der Waals surface area contributed by atoms with E-state index in [1.165, 1.54) is 12.3 Å². The number of ether oxygens (including phenoxy) is 1. The quantitative estimate of drug-likeness (QED) is 0.395. The molecule has 0 atom stereocenters. The number of hydrogen-bond acceptors (Lipinski definition) is 5. The summed E-state index contributed by atoms with van der Waals surface area (Å²) in [5.74, 6) is 5.16. The van der Waals surface area contributed by atoms with Crippen molar-refractivity contribution in [2.45, 2.75) is 13.0 Å². The van der Waals surface area contributed by atoms with Gasteiger partial charge >= 0.3 is 11.9 Å². The summed E-state index contributed by atoms with van der Waals surface area (Å²) < 4.78 is 5.05. The van der Waals surface area contributed by atoms with E-state index < -0.39 is 11.0 Å². The average Bonchev–Trinajstić information content (AvgIpc) is 2.61. The highest BCUT2D eigenvalue weighted by Gasteiger charge is 2.11. The number of carbonyl (C=O) groups excluding carboxylic acids is 1. The average molecular weight is 325 g/mol. The predicted octanol–water partition coefficient (Wildman–Crippen LogP) is 2.66. The van der Waals surface area contributed by atoms with E-state index in [9.17, 15) is 14.9 Å². The minimum atomic E-state index is -0.580. The van der Waals surface area contributed by atoms with Crippen LogP contribution in [0, 0.1) is 22.0 Å². The Morgan fingerprint density at radius 3 is 2.79 bits per heavy atom. The van der Waals surface area contributed by atoms with E-state index in [1.54, 1.807) is 6.07 Å². The summed E-state index contributed by atoms with van der Waals surface area (Å²) in [5.41, 5.74) is 1.14. The minimum Gasteiger partial charge on any atom is -0.445 e. The van der Waals surface area contributed by atoms with Gasteiger partial charge < -0.3 is 20.2 Å². The number of nitrogens with zero attached hydrogens (tertiary/aromatic N) is 2. The van der Waals surface area contributed by atoms with Crippen LogP contribution >= 0.6 is 0 Å². The zero-order chi connectivity index (χ0) is 17.2. The summed E-state index contributed by atoms with van der Waals surface area (Å²) >= 11 is 0. The smallest absolute Gasteiger partial charge is 0.407 e. The molecule has 7 nitrogen and oxygen atoms in total. The van der Waals surface area contributed by atoms with E-state index in [2.05, 4.69) is 22.1 Å². The maximum absolute atomic E-state index is 11.5. The van der Waals surface area contributed by atoms with Crippen LogP contribution in [0.25, 0.3) is 0 Å². The van der Waals surface area contributed by atoms with E-state index >= 15 is 0 Å². The van der Waals surface area contributed by atoms with Crippen molar-refractivity contribution in [2.24, 2.45) is 0 Å². The number of rotatable bonds is 5. The van der Waals surface area contributed by atoms with Crippen LogP contribution in [-0.4, -0.2) is 22.5 Å². The Balaban J connectivity index is 1.74. The standard InChI is InChI=1S/C17H15N3O4/c21-17(24-13-14-7-2-1-3-8-14)19-11-5-4-9-15-10-6-12-18-16(15)20(22)23/h1-3,6-8,10,12H,5,11,13H2,(H,19,21). The van der Waals surface area contributed by atoms with Crippen LogP contribution in [-0.2, 0) is 11.3 Å². The molecular formula is C17H15N3O4. The van der Waals surface area contributed by atoms with Crippen LogP contribution < -0.4 is 5.32 Å². The van der Waals surface area contributed by atoms with Gasteiger partial charge in [0.25, 0.3) is 0 Å². The third kappa shape index (κ3) is 5.42. The van der Waals surface area contributed by atoms with Crippen molar-refractivity contribution in [2.75, 3.05) is 6.54 Å². The normalized spacial score (nSPS) is 9.50. The van der Waals surface area contributed by atoms with Gasteiger partial charge in [-0.05, 0) is 27.6 Å². The number of pyridine rings is 1. The van der Waals surface area contributed by atoms with Gasteiger partial charge in [-0.15, -0.1) is 0 Å². The molecule has 0 saturated heterocycles. The van der Waals surface area contributed by atoms with Crippen LogP contribution in [0.1, 0.15) is 17.5 Å². The highest BCUT2D eigenvalue weighted by molar-refractivity contribution is 5.67. The third-order valence-electron chi connectivity index (χ3n) is 2.91. The Morgan fingerprint density at radius 1 is 1.25 bits per heavy atom. The summed E-state index contributed by atoms with van der Waals surface area (Å²) in [7, 11) is 0. The highest BCUT2D eigenvalue weighted by atomic mass is 16.6. The molecular weight excluding hydrogens is 310 g/mol. The van der Waals surface area contributed by atoms with Gasteiger partial charge in [0.15, 0.2) is 0 Å². The SMILES string of the molecule is O=C(NCCC#Cc1cccnc1[N+](=O)[O-])OCc1ccccc1. The topological polar surface area (TPSA) is 94.4 Å². The van der Waals surface area contributed by atoms with Crippen molar-refractivity contribution in [1.82, 2.24) is 10.3 Å². The molecule has 7 heteroatoms. The first kappa shape index (κ1) is 17.0. The largest absolute Gasteiger partial charge is 0.445 e. The van der Waals surface area contributed by atoms with Crippen LogP contribution in [0.2, 0.25) is 0 Å². The predicted molar refractivity (Wildman–Crippen MR) is 87.0 cm³/mol. The minimum absolute atomic E-state index is 0.195. The molecule has 1 aromatic heterocycles. The molecule has 1 aromatic carbocycles. The van der Waals surface area contributed by atoms with Crippen molar-refractivity contribution in [3.63, 3.8) is 0 Å². The fourth-order valence-corrected chi connectivity index (χ4v) is 1.80. The van der Waals surface area contributed by atoms with E-state index in [0.29, 0.717) is 6.42 Å². The molecule has 0 aliphatic carbocycles. The number of benzene rings is 1. The van der Waals surface area contributed by atoms with Crippen LogP contribution in [0.15, 0.2) is 48.7 Å². The highest BCUT2D eigenvalue weighted by Crippen LogP contribution is 2.11. The second-order valence-corrected chi connectivity index (χ2v) is 4.67. The molecule has 1 amide bonds. The maximum atomic E-state index is 11.5. The lowest BCUT2D eigenvalue weighted by Gasteiger charge is -2.05. The molecule has 2 aromatic rings. The molecule has 2 rings (SSSR count). The van der Waals surface area contributed by atoms with Crippen molar-refractivity contribution in [3.05, 3.63) is 69.9 Å². The first-order valence-electron chi connectivity index (χ1n) is 7.19. The van der Waals surface area contributed by atoms with E-state index in [4.69, 9.17) is 4.74 Å². The van der Waals surface area contributed by atoms with Crippen LogP contribution in [0.4, 0.5) is 10.6 Å². The molecule has 0 unspecified atom stereocenters. The second kappa shape index (κ2) is 8.90. The fraction of sp³-hybridized carbons (Fsp3) is 0.176. The lowest BCUT2D eigenvalue weighted by molar-refractivity contribution is -0.389. The summed E-state index contributed by atoms with van der Waals surface area (Å²) in [4.78, 5) is 25.4. The monoisotopic (exact) mass is 325 g/mol. The van der Waals surface area contributed by atoms with Crippen molar-refractivity contribution in [3.8, 4) is 11.8 Å². The number of amides is 1. The first-order valence-corrected chi connectivity index (χ1v) is 7.19. The van der Waals surface area contributed by atoms with Gasteiger partial charge in [-0.25, -0.2) is 4.79 Å². The zero-order valence-corrected chi connectivity index (χ0v) is 12.8. The van der Waals surface area contributed by atoms with Gasteiger partial charge in [0.05, 0.1) is 0 Å². The summed E-state index contributed by atoms with van der Waals surface area (Å²) in [5, 5.41) is 13.4. The van der Waals surface area contributed by atoms with Gasteiger partial charge in [-0.1, -0.05) is 42.2 Å². The zero-order valence-electron chi connectivity index (χ0n) is 12.8. The second-order valence-electron chi connectivity index (χ2n) is 4.67. The number of aromatic nitrogens is 1. The molecule has 0 saturated carbocycles. The van der Waals surface area contributed by atoms with Gasteiger partial charge in [-0.3, -0.25) is 0 Å². The van der Waals surface area contributed by atoms with Gasteiger partial charge in [0, 0.05) is 13.0 Å². The summed E-state index contributed by atoms with van der Waals surface area (Å²) in [6, 6.07) is 12.4.